The fourth-order valence-electron chi connectivity index (χ4n) is 3.58. The molecule has 10 heteroatoms. The zero-order valence-corrected chi connectivity index (χ0v) is 17.3. The first-order valence-electron chi connectivity index (χ1n) is 10.1. The molecular formula is C23H20F3N3O4. The number of carbonyl (C=O) groups excluding carboxylic acids is 2. The lowest BCUT2D eigenvalue weighted by Gasteiger charge is -2.36. The number of furan rings is 1. The number of benzene rings is 2. The standard InChI is InChI=1S/C23H20F3N3O4/c24-23(25,26)33-19-8-1-5-16(13-19)15-28-10-4-11-29(22(28)31)18-7-2-6-17(14-18)27-21(30)20-9-3-12-32-20/h1-3,5-9,12-14H,4,10-11,15H2,(H,27,30). The van der Waals surface area contributed by atoms with Crippen LogP contribution in [0, 0.1) is 0 Å². The topological polar surface area (TPSA) is 75.0 Å². The number of nitrogens with zero attached hydrogens (tertiary/aromatic N) is 2. The molecule has 7 nitrogen and oxygen atoms in total. The monoisotopic (exact) mass is 459 g/mol. The highest BCUT2D eigenvalue weighted by Crippen LogP contribution is 2.27. The summed E-state index contributed by atoms with van der Waals surface area (Å²) in [4.78, 5) is 28.5. The largest absolute Gasteiger partial charge is 0.573 e. The number of nitrogens with one attached hydrogen (secondary N) is 1. The molecule has 0 saturated carbocycles. The van der Waals surface area contributed by atoms with Crippen LogP contribution in [0.3, 0.4) is 0 Å². The predicted molar refractivity (Wildman–Crippen MR) is 114 cm³/mol. The number of rotatable bonds is 6. The van der Waals surface area contributed by atoms with Gasteiger partial charge >= 0.3 is 12.4 Å². The zero-order chi connectivity index (χ0) is 23.4. The Morgan fingerprint density at radius 3 is 2.64 bits per heavy atom. The van der Waals surface area contributed by atoms with Crippen molar-refractivity contribution in [2.45, 2.75) is 19.3 Å². The Labute approximate surface area is 187 Å². The Bertz CT molecular complexity index is 1130. The van der Waals surface area contributed by atoms with Crippen molar-refractivity contribution >= 4 is 23.3 Å². The fourth-order valence-corrected chi connectivity index (χ4v) is 3.58. The summed E-state index contributed by atoms with van der Waals surface area (Å²) in [6, 6.07) is 15.3. The van der Waals surface area contributed by atoms with Crippen LogP contribution in [0.4, 0.5) is 29.3 Å². The molecule has 0 aliphatic carbocycles. The van der Waals surface area contributed by atoms with Gasteiger partial charge in [0, 0.05) is 31.0 Å². The minimum atomic E-state index is -4.78. The van der Waals surface area contributed by atoms with E-state index < -0.39 is 12.3 Å². The number of urea groups is 1. The molecule has 3 amide bonds. The number of carbonyl (C=O) groups is 2. The van der Waals surface area contributed by atoms with Crippen molar-refractivity contribution in [2.24, 2.45) is 0 Å². The van der Waals surface area contributed by atoms with Crippen molar-refractivity contribution in [3.8, 4) is 5.75 Å². The summed E-state index contributed by atoms with van der Waals surface area (Å²) in [6.45, 7) is 1.08. The summed E-state index contributed by atoms with van der Waals surface area (Å²) in [5.74, 6) is -0.580. The maximum absolute atomic E-state index is 13.1. The maximum Gasteiger partial charge on any atom is 0.573 e. The molecule has 1 aliphatic heterocycles. The Balaban J connectivity index is 1.46. The molecule has 0 radical (unpaired) electrons. The van der Waals surface area contributed by atoms with Crippen LogP contribution in [-0.2, 0) is 6.54 Å². The van der Waals surface area contributed by atoms with E-state index >= 15 is 0 Å². The first-order valence-corrected chi connectivity index (χ1v) is 10.1. The highest BCUT2D eigenvalue weighted by molar-refractivity contribution is 6.02. The third-order valence-corrected chi connectivity index (χ3v) is 4.98. The molecule has 1 aromatic heterocycles. The molecule has 0 unspecified atom stereocenters. The number of hydrogen-bond donors (Lipinski definition) is 1. The van der Waals surface area contributed by atoms with Gasteiger partial charge < -0.3 is 19.4 Å². The summed E-state index contributed by atoms with van der Waals surface area (Å²) < 4.78 is 46.5. The van der Waals surface area contributed by atoms with Gasteiger partial charge in [0.2, 0.25) is 0 Å². The number of halogens is 3. The molecule has 2 aromatic carbocycles. The van der Waals surface area contributed by atoms with Crippen molar-refractivity contribution in [3.63, 3.8) is 0 Å². The third kappa shape index (κ3) is 5.65. The van der Waals surface area contributed by atoms with E-state index in [-0.39, 0.29) is 24.1 Å². The van der Waals surface area contributed by atoms with Crippen LogP contribution < -0.4 is 15.0 Å². The van der Waals surface area contributed by atoms with Crippen LogP contribution >= 0.6 is 0 Å². The Hall–Kier alpha value is -3.95. The lowest BCUT2D eigenvalue weighted by atomic mass is 10.1. The molecule has 0 bridgehead atoms. The van der Waals surface area contributed by atoms with Crippen molar-refractivity contribution in [3.05, 3.63) is 78.3 Å². The fraction of sp³-hybridized carbons (Fsp3) is 0.217. The average Bonchev–Trinajstić information content (AvgIpc) is 3.30. The van der Waals surface area contributed by atoms with Gasteiger partial charge in [0.25, 0.3) is 5.91 Å². The smallest absolute Gasteiger partial charge is 0.459 e. The van der Waals surface area contributed by atoms with Crippen molar-refractivity contribution in [1.82, 2.24) is 4.90 Å². The van der Waals surface area contributed by atoms with E-state index in [1.807, 2.05) is 0 Å². The van der Waals surface area contributed by atoms with Crippen molar-refractivity contribution < 1.29 is 31.9 Å². The lowest BCUT2D eigenvalue weighted by molar-refractivity contribution is -0.274. The van der Waals surface area contributed by atoms with Gasteiger partial charge in [-0.3, -0.25) is 9.69 Å². The summed E-state index contributed by atoms with van der Waals surface area (Å²) in [6.07, 6.45) is -2.71. The van der Waals surface area contributed by atoms with Gasteiger partial charge in [-0.15, -0.1) is 13.2 Å². The van der Waals surface area contributed by atoms with Gasteiger partial charge in [-0.1, -0.05) is 18.2 Å². The summed E-state index contributed by atoms with van der Waals surface area (Å²) in [5.41, 5.74) is 1.61. The van der Waals surface area contributed by atoms with Crippen LogP contribution in [0.5, 0.6) is 5.75 Å². The molecule has 0 spiro atoms. The van der Waals surface area contributed by atoms with Gasteiger partial charge in [0.05, 0.1) is 6.26 Å². The number of alkyl halides is 3. The second-order valence-corrected chi connectivity index (χ2v) is 7.39. The van der Waals surface area contributed by atoms with Crippen LogP contribution in [0.1, 0.15) is 22.5 Å². The van der Waals surface area contributed by atoms with E-state index in [1.165, 1.54) is 24.5 Å². The van der Waals surface area contributed by atoms with Crippen molar-refractivity contribution in [2.75, 3.05) is 23.3 Å². The second-order valence-electron chi connectivity index (χ2n) is 7.39. The highest BCUT2D eigenvalue weighted by Gasteiger charge is 2.31. The third-order valence-electron chi connectivity index (χ3n) is 4.98. The first kappa shape index (κ1) is 22.3. The van der Waals surface area contributed by atoms with Gasteiger partial charge in [-0.25, -0.2) is 4.79 Å². The molecule has 1 N–H and O–H groups in total. The van der Waals surface area contributed by atoms with Crippen LogP contribution in [0.15, 0.2) is 71.3 Å². The molecule has 33 heavy (non-hydrogen) atoms. The van der Waals surface area contributed by atoms with E-state index in [1.54, 1.807) is 52.3 Å². The van der Waals surface area contributed by atoms with E-state index in [0.717, 1.165) is 0 Å². The maximum atomic E-state index is 13.1. The van der Waals surface area contributed by atoms with Crippen LogP contribution in [0.25, 0.3) is 0 Å². The van der Waals surface area contributed by atoms with E-state index in [0.29, 0.717) is 36.4 Å². The predicted octanol–water partition coefficient (Wildman–Crippen LogP) is 5.26. The van der Waals surface area contributed by atoms with Crippen molar-refractivity contribution in [1.29, 1.82) is 0 Å². The quantitative estimate of drug-likeness (QED) is 0.546. The summed E-state index contributed by atoms with van der Waals surface area (Å²) >= 11 is 0. The molecular weight excluding hydrogens is 439 g/mol. The number of hydrogen-bond acceptors (Lipinski definition) is 4. The van der Waals surface area contributed by atoms with Gasteiger partial charge in [-0.2, -0.15) is 0 Å². The van der Waals surface area contributed by atoms with Gasteiger partial charge in [0.15, 0.2) is 5.76 Å². The number of ether oxygens (including phenoxy) is 1. The molecule has 0 atom stereocenters. The molecule has 1 saturated heterocycles. The molecule has 2 heterocycles. The average molecular weight is 459 g/mol. The minimum absolute atomic E-state index is 0.138. The molecule has 4 rings (SSSR count). The van der Waals surface area contributed by atoms with E-state index in [4.69, 9.17) is 4.42 Å². The van der Waals surface area contributed by atoms with E-state index in [2.05, 4.69) is 10.1 Å². The minimum Gasteiger partial charge on any atom is -0.459 e. The molecule has 1 fully saturated rings. The molecule has 3 aromatic rings. The summed E-state index contributed by atoms with van der Waals surface area (Å²) in [5, 5.41) is 2.72. The normalized spacial score (nSPS) is 14.3. The first-order chi connectivity index (χ1) is 15.8. The Morgan fingerprint density at radius 1 is 1.06 bits per heavy atom. The summed E-state index contributed by atoms with van der Waals surface area (Å²) in [7, 11) is 0. The van der Waals surface area contributed by atoms with Crippen LogP contribution in [0.2, 0.25) is 0 Å². The Kier molecular flexibility index (Phi) is 6.25. The molecule has 1 aliphatic rings. The Morgan fingerprint density at radius 2 is 1.88 bits per heavy atom. The van der Waals surface area contributed by atoms with Gasteiger partial charge in [-0.05, 0) is 54.4 Å². The number of anilines is 2. The zero-order valence-electron chi connectivity index (χ0n) is 17.3. The SMILES string of the molecule is O=C(Nc1cccc(N2CCCN(Cc3cccc(OC(F)(F)F)c3)C2=O)c1)c1ccco1. The number of amides is 3. The van der Waals surface area contributed by atoms with Gasteiger partial charge in [0.1, 0.15) is 5.75 Å². The second kappa shape index (κ2) is 9.27. The highest BCUT2D eigenvalue weighted by atomic mass is 19.4. The van der Waals surface area contributed by atoms with Crippen LogP contribution in [-0.4, -0.2) is 36.3 Å². The lowest BCUT2D eigenvalue weighted by Crippen LogP contribution is -2.49. The molecule has 172 valence electrons. The van der Waals surface area contributed by atoms with E-state index in [9.17, 15) is 22.8 Å².